The van der Waals surface area contributed by atoms with E-state index in [2.05, 4.69) is 16.6 Å². The second kappa shape index (κ2) is 4.87. The van der Waals surface area contributed by atoms with Crippen molar-refractivity contribution in [3.05, 3.63) is 53.7 Å². The third-order valence-electron chi connectivity index (χ3n) is 2.75. The van der Waals surface area contributed by atoms with Gasteiger partial charge in [0.15, 0.2) is 0 Å². The summed E-state index contributed by atoms with van der Waals surface area (Å²) in [5.41, 5.74) is 1.57. The lowest BCUT2D eigenvalue weighted by Crippen LogP contribution is -2.17. The Labute approximate surface area is 105 Å². The van der Waals surface area contributed by atoms with E-state index >= 15 is 0 Å². The fraction of sp³-hybridized carbons (Fsp3) is 0.143. The van der Waals surface area contributed by atoms with Gasteiger partial charge in [-0.25, -0.2) is 0 Å². The van der Waals surface area contributed by atoms with Gasteiger partial charge in [0, 0.05) is 11.3 Å². The summed E-state index contributed by atoms with van der Waals surface area (Å²) in [6.45, 7) is 3.67. The first-order valence-electron chi connectivity index (χ1n) is 5.48. The van der Waals surface area contributed by atoms with Crippen molar-refractivity contribution in [1.29, 1.82) is 0 Å². The molecule has 1 amide bonds. The number of amides is 1. The summed E-state index contributed by atoms with van der Waals surface area (Å²) in [6.07, 6.45) is 1.68. The van der Waals surface area contributed by atoms with Crippen molar-refractivity contribution in [3.8, 4) is 0 Å². The Hall–Kier alpha value is -2.36. The Morgan fingerprint density at radius 2 is 2.06 bits per heavy atom. The fourth-order valence-electron chi connectivity index (χ4n) is 1.87. The van der Waals surface area contributed by atoms with E-state index in [1.807, 2.05) is 30.3 Å². The highest BCUT2D eigenvalue weighted by molar-refractivity contribution is 6.08. The largest absolute Gasteiger partial charge is 0.468 e. The zero-order valence-electron chi connectivity index (χ0n) is 9.97. The van der Waals surface area contributed by atoms with Crippen LogP contribution in [0.2, 0.25) is 0 Å². The normalized spacial score (nSPS) is 20.9. The summed E-state index contributed by atoms with van der Waals surface area (Å²) >= 11 is 0. The van der Waals surface area contributed by atoms with E-state index in [4.69, 9.17) is 0 Å². The van der Waals surface area contributed by atoms with Gasteiger partial charge in [0.05, 0.1) is 7.11 Å². The van der Waals surface area contributed by atoms with Crippen LogP contribution in [-0.4, -0.2) is 19.0 Å². The second-order valence-electron chi connectivity index (χ2n) is 3.95. The molecule has 92 valence electrons. The molecule has 18 heavy (non-hydrogen) atoms. The molecule has 0 bridgehead atoms. The molecule has 2 rings (SSSR count). The van der Waals surface area contributed by atoms with Crippen LogP contribution in [0, 0.1) is 5.92 Å². The van der Waals surface area contributed by atoms with Gasteiger partial charge in [0.25, 0.3) is 5.91 Å². The molecule has 4 nitrogen and oxygen atoms in total. The number of ether oxygens (including phenoxy) is 1. The smallest absolute Gasteiger partial charge is 0.319 e. The summed E-state index contributed by atoms with van der Waals surface area (Å²) in [4.78, 5) is 23.4. The molecule has 1 saturated heterocycles. The molecule has 0 saturated carbocycles. The molecule has 1 unspecified atom stereocenters. The van der Waals surface area contributed by atoms with Crippen molar-refractivity contribution >= 4 is 18.0 Å². The van der Waals surface area contributed by atoms with Crippen LogP contribution >= 0.6 is 0 Å². The molecule has 1 aromatic rings. The van der Waals surface area contributed by atoms with Crippen LogP contribution in [0.15, 0.2) is 48.2 Å². The number of hydrogen-bond acceptors (Lipinski definition) is 3. The number of benzene rings is 1. The Morgan fingerprint density at radius 3 is 2.67 bits per heavy atom. The van der Waals surface area contributed by atoms with Crippen molar-refractivity contribution in [3.63, 3.8) is 0 Å². The maximum Gasteiger partial charge on any atom is 0.319 e. The maximum absolute atomic E-state index is 11.8. The zero-order valence-corrected chi connectivity index (χ0v) is 9.97. The summed E-state index contributed by atoms with van der Waals surface area (Å²) in [5, 5.41) is 2.55. The van der Waals surface area contributed by atoms with Crippen molar-refractivity contribution in [2.24, 2.45) is 5.92 Å². The summed E-state index contributed by atoms with van der Waals surface area (Å²) in [7, 11) is 1.29. The molecule has 0 aliphatic carbocycles. The molecule has 1 atom stereocenters. The first-order valence-corrected chi connectivity index (χ1v) is 5.48. The molecular weight excluding hydrogens is 230 g/mol. The Morgan fingerprint density at radius 1 is 1.39 bits per heavy atom. The Kier molecular flexibility index (Phi) is 3.28. The van der Waals surface area contributed by atoms with Crippen LogP contribution in [0.1, 0.15) is 5.56 Å². The number of nitrogens with one attached hydrogen (secondary N) is 1. The van der Waals surface area contributed by atoms with Crippen molar-refractivity contribution in [1.82, 2.24) is 5.32 Å². The minimum Gasteiger partial charge on any atom is -0.468 e. The molecule has 0 radical (unpaired) electrons. The number of carbonyl (C=O) groups is 2. The monoisotopic (exact) mass is 243 g/mol. The predicted octanol–water partition coefficient (Wildman–Crippen LogP) is 1.50. The third-order valence-corrected chi connectivity index (χ3v) is 2.75. The molecule has 1 heterocycles. The number of hydrogen-bond donors (Lipinski definition) is 1. The van der Waals surface area contributed by atoms with Gasteiger partial charge in [-0.05, 0) is 11.6 Å². The summed E-state index contributed by atoms with van der Waals surface area (Å²) < 4.78 is 4.69. The minimum atomic E-state index is -0.734. The second-order valence-corrected chi connectivity index (χ2v) is 3.95. The van der Waals surface area contributed by atoms with Gasteiger partial charge in [-0.1, -0.05) is 36.9 Å². The average Bonchev–Trinajstić information content (AvgIpc) is 2.65. The highest BCUT2D eigenvalue weighted by Crippen LogP contribution is 2.27. The van der Waals surface area contributed by atoms with E-state index in [0.717, 1.165) is 5.56 Å². The van der Waals surface area contributed by atoms with Crippen LogP contribution in [0.4, 0.5) is 0 Å². The van der Waals surface area contributed by atoms with Crippen molar-refractivity contribution < 1.29 is 14.3 Å². The summed E-state index contributed by atoms with van der Waals surface area (Å²) in [5.74, 6) is -1.53. The predicted molar refractivity (Wildman–Crippen MR) is 67.2 cm³/mol. The molecule has 1 aromatic carbocycles. The molecule has 1 fully saturated rings. The van der Waals surface area contributed by atoms with Crippen molar-refractivity contribution in [2.75, 3.05) is 7.11 Å². The number of methoxy groups -OCH3 is 1. The lowest BCUT2D eigenvalue weighted by Gasteiger charge is -2.08. The summed E-state index contributed by atoms with van der Waals surface area (Å²) in [6, 6.07) is 9.32. The van der Waals surface area contributed by atoms with Gasteiger partial charge in [-0.15, -0.1) is 0 Å². The highest BCUT2D eigenvalue weighted by atomic mass is 16.5. The first-order chi connectivity index (χ1) is 8.63. The van der Waals surface area contributed by atoms with Gasteiger partial charge in [-0.3, -0.25) is 9.59 Å². The Balaban J connectivity index is 2.40. The van der Waals surface area contributed by atoms with E-state index in [1.165, 1.54) is 7.11 Å². The SMILES string of the molecule is C=C1NC(=O)C(=Cc2ccccc2)C1C(=O)OC. The van der Waals surface area contributed by atoms with Crippen LogP contribution in [-0.2, 0) is 14.3 Å². The Bertz CT molecular complexity index is 531. The average molecular weight is 243 g/mol. The third kappa shape index (κ3) is 2.18. The molecule has 1 N–H and O–H groups in total. The van der Waals surface area contributed by atoms with Crippen LogP contribution in [0.3, 0.4) is 0 Å². The van der Waals surface area contributed by atoms with E-state index in [-0.39, 0.29) is 5.91 Å². The lowest BCUT2D eigenvalue weighted by molar-refractivity contribution is -0.142. The van der Waals surface area contributed by atoms with E-state index in [9.17, 15) is 9.59 Å². The highest BCUT2D eigenvalue weighted by Gasteiger charge is 2.37. The first kappa shape index (κ1) is 12.1. The van der Waals surface area contributed by atoms with E-state index in [1.54, 1.807) is 6.08 Å². The molecule has 0 spiro atoms. The molecule has 1 aliphatic heterocycles. The molecule has 4 heteroatoms. The van der Waals surface area contributed by atoms with Gasteiger partial charge in [0.1, 0.15) is 5.92 Å². The van der Waals surface area contributed by atoms with Gasteiger partial charge >= 0.3 is 5.97 Å². The van der Waals surface area contributed by atoms with Gasteiger partial charge in [0.2, 0.25) is 0 Å². The standard InChI is InChI=1S/C14H13NO3/c1-9-12(14(17)18-2)11(13(16)15-9)8-10-6-4-3-5-7-10/h3-8,12H,1H2,2H3,(H,15,16). The van der Waals surface area contributed by atoms with Crippen LogP contribution < -0.4 is 5.32 Å². The van der Waals surface area contributed by atoms with Gasteiger partial charge in [-0.2, -0.15) is 0 Å². The molecule has 0 aromatic heterocycles. The van der Waals surface area contributed by atoms with Crippen LogP contribution in [0.25, 0.3) is 6.08 Å². The van der Waals surface area contributed by atoms with E-state index in [0.29, 0.717) is 11.3 Å². The molecule has 1 aliphatic rings. The maximum atomic E-state index is 11.8. The minimum absolute atomic E-state index is 0.306. The number of carbonyl (C=O) groups excluding carboxylic acids is 2. The van der Waals surface area contributed by atoms with Crippen LogP contribution in [0.5, 0.6) is 0 Å². The van der Waals surface area contributed by atoms with E-state index < -0.39 is 11.9 Å². The number of esters is 1. The molecular formula is C14H13NO3. The lowest BCUT2D eigenvalue weighted by atomic mass is 9.98. The quantitative estimate of drug-likeness (QED) is 0.632. The fourth-order valence-corrected chi connectivity index (χ4v) is 1.87. The van der Waals surface area contributed by atoms with Crippen molar-refractivity contribution in [2.45, 2.75) is 0 Å². The van der Waals surface area contributed by atoms with Gasteiger partial charge < -0.3 is 10.1 Å². The topological polar surface area (TPSA) is 55.4 Å². The zero-order chi connectivity index (χ0) is 13.1. The number of rotatable bonds is 2.